The number of nitrogens with zero attached hydrogens (tertiary/aromatic N) is 1. The zero-order valence-electron chi connectivity index (χ0n) is 12.8. The van der Waals surface area contributed by atoms with Gasteiger partial charge in [-0.1, -0.05) is 25.5 Å². The number of aryl methyl sites for hydroxylation is 2. The lowest BCUT2D eigenvalue weighted by molar-refractivity contribution is 0.365. The maximum atomic E-state index is 12.5. The number of rotatable bonds is 4. The van der Waals surface area contributed by atoms with Crippen LogP contribution in [0, 0.1) is 0 Å². The van der Waals surface area contributed by atoms with Crippen molar-refractivity contribution in [1.29, 1.82) is 0 Å². The van der Waals surface area contributed by atoms with E-state index < -0.39 is 0 Å². The highest BCUT2D eigenvalue weighted by molar-refractivity contribution is 5.82. The van der Waals surface area contributed by atoms with Crippen molar-refractivity contribution >= 4 is 10.8 Å². The quantitative estimate of drug-likeness (QED) is 0.936. The van der Waals surface area contributed by atoms with Crippen LogP contribution in [0.4, 0.5) is 0 Å². The molecule has 2 heterocycles. The Balaban J connectivity index is 1.79. The van der Waals surface area contributed by atoms with E-state index in [0.717, 1.165) is 36.7 Å². The first kappa shape index (κ1) is 14.3. The SMILES string of the molecule is CCc1ccc2c(=O)n(CCC3CCCCN3)ccc2c1. The van der Waals surface area contributed by atoms with Crippen LogP contribution in [-0.2, 0) is 13.0 Å². The van der Waals surface area contributed by atoms with Crippen LogP contribution >= 0.6 is 0 Å². The molecule has 2 aromatic rings. The number of nitrogens with one attached hydrogen (secondary N) is 1. The van der Waals surface area contributed by atoms with Crippen molar-refractivity contribution < 1.29 is 0 Å². The van der Waals surface area contributed by atoms with E-state index in [-0.39, 0.29) is 5.56 Å². The van der Waals surface area contributed by atoms with Crippen molar-refractivity contribution in [3.63, 3.8) is 0 Å². The molecule has 1 fully saturated rings. The molecular weight excluding hydrogens is 260 g/mol. The van der Waals surface area contributed by atoms with Gasteiger partial charge in [0, 0.05) is 24.2 Å². The molecular formula is C18H24N2O. The summed E-state index contributed by atoms with van der Waals surface area (Å²) in [5.41, 5.74) is 1.43. The Kier molecular flexibility index (Phi) is 4.39. The monoisotopic (exact) mass is 284 g/mol. The van der Waals surface area contributed by atoms with Gasteiger partial charge < -0.3 is 9.88 Å². The van der Waals surface area contributed by atoms with Crippen LogP contribution < -0.4 is 10.9 Å². The number of hydrogen-bond donors (Lipinski definition) is 1. The van der Waals surface area contributed by atoms with E-state index in [9.17, 15) is 4.79 Å². The summed E-state index contributed by atoms with van der Waals surface area (Å²) in [6, 6.07) is 8.82. The highest BCUT2D eigenvalue weighted by Gasteiger charge is 2.12. The molecule has 0 amide bonds. The van der Waals surface area contributed by atoms with Gasteiger partial charge in [0.25, 0.3) is 5.56 Å². The molecule has 112 valence electrons. The van der Waals surface area contributed by atoms with Gasteiger partial charge >= 0.3 is 0 Å². The van der Waals surface area contributed by atoms with E-state index in [4.69, 9.17) is 0 Å². The fraction of sp³-hybridized carbons (Fsp3) is 0.500. The van der Waals surface area contributed by atoms with E-state index in [1.54, 1.807) is 0 Å². The smallest absolute Gasteiger partial charge is 0.258 e. The van der Waals surface area contributed by atoms with Gasteiger partial charge in [-0.3, -0.25) is 4.79 Å². The zero-order valence-corrected chi connectivity index (χ0v) is 12.8. The third kappa shape index (κ3) is 3.18. The van der Waals surface area contributed by atoms with Crippen molar-refractivity contribution in [2.45, 2.75) is 51.6 Å². The standard InChI is InChI=1S/C18H24N2O/c1-2-14-6-7-17-15(13-14)8-11-20(18(17)21)12-9-16-5-3-4-10-19-16/h6-8,11,13,16,19H,2-5,9-10,12H2,1H3. The van der Waals surface area contributed by atoms with Crippen LogP contribution in [0.1, 0.15) is 38.2 Å². The minimum atomic E-state index is 0.144. The summed E-state index contributed by atoms with van der Waals surface area (Å²) in [7, 11) is 0. The van der Waals surface area contributed by atoms with Gasteiger partial charge in [-0.15, -0.1) is 0 Å². The van der Waals surface area contributed by atoms with Crippen LogP contribution in [0.3, 0.4) is 0 Å². The summed E-state index contributed by atoms with van der Waals surface area (Å²) < 4.78 is 1.87. The molecule has 1 aliphatic rings. The van der Waals surface area contributed by atoms with Crippen molar-refractivity contribution in [3.05, 3.63) is 46.4 Å². The third-order valence-electron chi connectivity index (χ3n) is 4.58. The molecule has 3 heteroatoms. The zero-order chi connectivity index (χ0) is 14.7. The summed E-state index contributed by atoms with van der Waals surface area (Å²) in [5, 5.41) is 5.45. The minimum absolute atomic E-state index is 0.144. The van der Waals surface area contributed by atoms with Gasteiger partial charge in [0.1, 0.15) is 0 Å². The largest absolute Gasteiger partial charge is 0.315 e. The predicted molar refractivity (Wildman–Crippen MR) is 87.8 cm³/mol. The van der Waals surface area contributed by atoms with E-state index in [2.05, 4.69) is 30.4 Å². The molecule has 1 aromatic heterocycles. The van der Waals surface area contributed by atoms with Gasteiger partial charge in [0.2, 0.25) is 0 Å². The first-order chi connectivity index (χ1) is 10.3. The Morgan fingerprint density at radius 2 is 2.19 bits per heavy atom. The summed E-state index contributed by atoms with van der Waals surface area (Å²) in [4.78, 5) is 12.5. The van der Waals surface area contributed by atoms with Gasteiger partial charge in [-0.2, -0.15) is 0 Å². The molecule has 3 rings (SSSR count). The van der Waals surface area contributed by atoms with Crippen LogP contribution in [0.25, 0.3) is 10.8 Å². The van der Waals surface area contributed by atoms with Gasteiger partial charge in [-0.05, 0) is 55.3 Å². The molecule has 0 radical (unpaired) electrons. The lowest BCUT2D eigenvalue weighted by atomic mass is 10.0. The molecule has 1 N–H and O–H groups in total. The Morgan fingerprint density at radius 1 is 1.29 bits per heavy atom. The second kappa shape index (κ2) is 6.44. The second-order valence-corrected chi connectivity index (χ2v) is 6.02. The number of piperidine rings is 1. The van der Waals surface area contributed by atoms with Crippen LogP contribution in [-0.4, -0.2) is 17.2 Å². The summed E-state index contributed by atoms with van der Waals surface area (Å²) in [6.45, 7) is 4.07. The topological polar surface area (TPSA) is 34.0 Å². The van der Waals surface area contributed by atoms with Crippen molar-refractivity contribution in [1.82, 2.24) is 9.88 Å². The lowest BCUT2D eigenvalue weighted by Gasteiger charge is -2.23. The fourth-order valence-corrected chi connectivity index (χ4v) is 3.20. The average Bonchev–Trinajstić information content (AvgIpc) is 2.55. The molecule has 0 aliphatic carbocycles. The van der Waals surface area contributed by atoms with Crippen molar-refractivity contribution in [2.24, 2.45) is 0 Å². The van der Waals surface area contributed by atoms with Crippen LogP contribution in [0.15, 0.2) is 35.3 Å². The van der Waals surface area contributed by atoms with Crippen LogP contribution in [0.2, 0.25) is 0 Å². The molecule has 1 unspecified atom stereocenters. The Labute approximate surface area is 126 Å². The number of benzene rings is 1. The van der Waals surface area contributed by atoms with E-state index in [1.807, 2.05) is 16.8 Å². The number of hydrogen-bond acceptors (Lipinski definition) is 2. The first-order valence-corrected chi connectivity index (χ1v) is 8.13. The second-order valence-electron chi connectivity index (χ2n) is 6.02. The summed E-state index contributed by atoms with van der Waals surface area (Å²) in [6.07, 6.45) is 7.83. The highest BCUT2D eigenvalue weighted by Crippen LogP contribution is 2.14. The fourth-order valence-electron chi connectivity index (χ4n) is 3.20. The van der Waals surface area contributed by atoms with E-state index in [0.29, 0.717) is 6.04 Å². The van der Waals surface area contributed by atoms with Crippen molar-refractivity contribution in [2.75, 3.05) is 6.54 Å². The number of aromatic nitrogens is 1. The lowest BCUT2D eigenvalue weighted by Crippen LogP contribution is -2.35. The van der Waals surface area contributed by atoms with E-state index >= 15 is 0 Å². The molecule has 1 atom stereocenters. The summed E-state index contributed by atoms with van der Waals surface area (Å²) in [5.74, 6) is 0. The van der Waals surface area contributed by atoms with E-state index in [1.165, 1.54) is 24.8 Å². The molecule has 3 nitrogen and oxygen atoms in total. The number of pyridine rings is 1. The Hall–Kier alpha value is -1.61. The minimum Gasteiger partial charge on any atom is -0.315 e. The molecule has 21 heavy (non-hydrogen) atoms. The van der Waals surface area contributed by atoms with Gasteiger partial charge in [0.05, 0.1) is 0 Å². The normalized spacial score (nSPS) is 19.0. The molecule has 1 aliphatic heterocycles. The van der Waals surface area contributed by atoms with Crippen LogP contribution in [0.5, 0.6) is 0 Å². The van der Waals surface area contributed by atoms with Gasteiger partial charge in [0.15, 0.2) is 0 Å². The molecule has 0 bridgehead atoms. The molecule has 0 spiro atoms. The maximum Gasteiger partial charge on any atom is 0.258 e. The third-order valence-corrected chi connectivity index (χ3v) is 4.58. The first-order valence-electron chi connectivity index (χ1n) is 8.13. The molecule has 1 saturated heterocycles. The van der Waals surface area contributed by atoms with Gasteiger partial charge in [-0.25, -0.2) is 0 Å². The molecule has 1 aromatic carbocycles. The maximum absolute atomic E-state index is 12.5. The molecule has 0 saturated carbocycles. The Bertz CT molecular complexity index is 668. The predicted octanol–water partition coefficient (Wildman–Crippen LogP) is 3.10. The van der Waals surface area contributed by atoms with Crippen molar-refractivity contribution in [3.8, 4) is 0 Å². The summed E-state index contributed by atoms with van der Waals surface area (Å²) >= 11 is 0. The Morgan fingerprint density at radius 3 is 2.95 bits per heavy atom. The highest BCUT2D eigenvalue weighted by atomic mass is 16.1. The number of fused-ring (bicyclic) bond motifs is 1. The average molecular weight is 284 g/mol.